The van der Waals surface area contributed by atoms with Crippen LogP contribution in [-0.2, 0) is 4.79 Å². The Labute approximate surface area is 285 Å². The maximum atomic E-state index is 13.8. The summed E-state index contributed by atoms with van der Waals surface area (Å²) in [5, 5.41) is 11.5. The summed E-state index contributed by atoms with van der Waals surface area (Å²) in [5.41, 5.74) is 2.67. The molecule has 5 rings (SSSR count). The summed E-state index contributed by atoms with van der Waals surface area (Å²) < 4.78 is 8.98. The Hall–Kier alpha value is -5.15. The minimum Gasteiger partial charge on any atom is -0.457 e. The average Bonchev–Trinajstić information content (AvgIpc) is 3.90. The normalized spacial score (nSPS) is 12.0. The lowest BCUT2D eigenvalue weighted by Crippen LogP contribution is -2.24. The fraction of sp³-hybridized carbons (Fsp3) is 0.308. The number of ether oxygens (including phenoxy) is 1. The molecule has 0 atom stereocenters. The minimum atomic E-state index is -0.293. The van der Waals surface area contributed by atoms with Crippen molar-refractivity contribution in [3.05, 3.63) is 120 Å². The van der Waals surface area contributed by atoms with Crippen LogP contribution in [0.25, 0.3) is 11.4 Å². The smallest absolute Gasteiger partial charge is 0.339 e. The number of likely N-dealkylation sites (N-methyl/N-ethyl adjacent to an activating group) is 1. The molecular weight excluding hydrogens is 600 g/mol. The highest BCUT2D eigenvalue weighted by molar-refractivity contribution is 6.00. The van der Waals surface area contributed by atoms with Crippen LogP contribution in [0.5, 0.6) is 11.5 Å². The van der Waals surface area contributed by atoms with Gasteiger partial charge < -0.3 is 20.4 Å². The molecule has 1 fully saturated rings. The first-order valence-electron chi connectivity index (χ1n) is 16.4. The molecule has 1 aliphatic rings. The third-order valence-electron chi connectivity index (χ3n) is 7.60. The molecule has 0 radical (unpaired) electrons. The van der Waals surface area contributed by atoms with E-state index < -0.39 is 0 Å². The maximum absolute atomic E-state index is 13.8. The first kappa shape index (κ1) is 37.3. The first-order valence-corrected chi connectivity index (χ1v) is 16.4. The van der Waals surface area contributed by atoms with E-state index in [-0.39, 0.29) is 11.4 Å². The fourth-order valence-corrected chi connectivity index (χ4v) is 4.70. The van der Waals surface area contributed by atoms with Crippen LogP contribution in [0.4, 0.5) is 11.5 Å². The van der Waals surface area contributed by atoms with Crippen molar-refractivity contribution >= 4 is 23.5 Å². The van der Waals surface area contributed by atoms with Gasteiger partial charge in [0.15, 0.2) is 0 Å². The molecule has 0 spiro atoms. The number of unbranched alkanes of at least 4 members (excludes halogenated alkanes) is 1. The Morgan fingerprint density at radius 1 is 0.938 bits per heavy atom. The second-order valence-electron chi connectivity index (χ2n) is 11.7. The number of rotatable bonds is 13. The van der Waals surface area contributed by atoms with Crippen molar-refractivity contribution in [2.45, 2.75) is 52.5 Å². The zero-order valence-electron chi connectivity index (χ0n) is 29.1. The molecular formula is C39H50N6O3. The van der Waals surface area contributed by atoms with Crippen molar-refractivity contribution < 1.29 is 9.53 Å². The molecule has 0 saturated heterocycles. The van der Waals surface area contributed by atoms with Crippen molar-refractivity contribution in [3.8, 4) is 22.9 Å². The number of benzene rings is 3. The highest BCUT2D eigenvalue weighted by Gasteiger charge is 2.25. The van der Waals surface area contributed by atoms with Crippen LogP contribution in [-0.4, -0.2) is 59.8 Å². The summed E-state index contributed by atoms with van der Waals surface area (Å²) in [6.07, 6.45) is 11.1. The number of allylic oxidation sites excluding steroid dienone is 1. The number of para-hydroxylation sites is 1. The van der Waals surface area contributed by atoms with Crippen molar-refractivity contribution in [2.75, 3.05) is 37.9 Å². The number of aromatic nitrogens is 2. The summed E-state index contributed by atoms with van der Waals surface area (Å²) in [6, 6.07) is 25.2. The molecule has 2 N–H and O–H groups in total. The van der Waals surface area contributed by atoms with E-state index in [0.29, 0.717) is 28.6 Å². The summed E-state index contributed by atoms with van der Waals surface area (Å²) in [4.78, 5) is 27.9. The van der Waals surface area contributed by atoms with Gasteiger partial charge in [0.25, 0.3) is 0 Å². The largest absolute Gasteiger partial charge is 0.457 e. The molecule has 1 saturated carbocycles. The second-order valence-corrected chi connectivity index (χ2v) is 11.7. The number of carbonyl (C=O) groups excluding carboxylic acids is 1. The number of hydrogen-bond acceptors (Lipinski definition) is 7. The Morgan fingerprint density at radius 2 is 1.58 bits per heavy atom. The summed E-state index contributed by atoms with van der Waals surface area (Å²) >= 11 is 0. The Morgan fingerprint density at radius 3 is 2.12 bits per heavy atom. The number of carbonyl (C=O) groups is 1. The molecule has 1 heterocycles. The summed E-state index contributed by atoms with van der Waals surface area (Å²) in [6.45, 7) is 10.7. The van der Waals surface area contributed by atoms with Crippen molar-refractivity contribution in [2.24, 2.45) is 0 Å². The van der Waals surface area contributed by atoms with Crippen LogP contribution in [0.1, 0.15) is 52.1 Å². The van der Waals surface area contributed by atoms with Crippen LogP contribution in [0.2, 0.25) is 0 Å². The van der Waals surface area contributed by atoms with Gasteiger partial charge in [-0.15, -0.1) is 0 Å². The molecule has 1 aromatic heterocycles. The molecule has 0 amide bonds. The quantitative estimate of drug-likeness (QED) is 0.0863. The fourth-order valence-electron chi connectivity index (χ4n) is 4.70. The van der Waals surface area contributed by atoms with E-state index in [4.69, 9.17) is 10.1 Å². The van der Waals surface area contributed by atoms with Crippen molar-refractivity contribution in [3.63, 3.8) is 0 Å². The molecule has 0 unspecified atom stereocenters. The number of aldehydes is 1. The Bertz CT molecular complexity index is 1700. The van der Waals surface area contributed by atoms with Crippen LogP contribution in [0.15, 0.2) is 109 Å². The van der Waals surface area contributed by atoms with Gasteiger partial charge >= 0.3 is 5.69 Å². The van der Waals surface area contributed by atoms with Crippen LogP contribution in [0.3, 0.4) is 0 Å². The van der Waals surface area contributed by atoms with E-state index in [1.807, 2.05) is 104 Å². The Kier molecular flexibility index (Phi) is 14.7. The Balaban J connectivity index is 0.000000372. The van der Waals surface area contributed by atoms with Crippen LogP contribution in [0, 0.1) is 5.41 Å². The third-order valence-corrected chi connectivity index (χ3v) is 7.60. The first-order chi connectivity index (χ1) is 23.2. The van der Waals surface area contributed by atoms with Crippen molar-refractivity contribution in [1.82, 2.24) is 14.0 Å². The number of nitrogens with zero attached hydrogens (tertiary/aromatic N) is 4. The van der Waals surface area contributed by atoms with Gasteiger partial charge in [0.05, 0.1) is 17.1 Å². The zero-order valence-corrected chi connectivity index (χ0v) is 29.1. The van der Waals surface area contributed by atoms with Gasteiger partial charge in [0.1, 0.15) is 29.3 Å². The standard InChI is InChI=1S/C27H27N5O2.C8H13NO.C4H10/c1-5-29-26-25(19(2)28)31(27(33)32(26)22-11-9-10-21(18-22)30(3)4)20-14-16-24(17-15-20)34-23-12-7-6-8-13-23;1-9(8-4-5-8)6-2-3-7-10;1-3-4-2/h5-18,28-29H,1H2,2-4H3;2-3,7-8H,4-6H2,1H3;3-4H2,1-2H3/b;3-2+;. The van der Waals surface area contributed by atoms with Crippen LogP contribution >= 0.6 is 0 Å². The molecule has 0 aliphatic heterocycles. The molecule has 48 heavy (non-hydrogen) atoms. The van der Waals surface area contributed by atoms with E-state index in [2.05, 4.69) is 37.7 Å². The lowest BCUT2D eigenvalue weighted by Gasteiger charge is -2.15. The molecule has 0 bridgehead atoms. The molecule has 4 aromatic rings. The lowest BCUT2D eigenvalue weighted by atomic mass is 10.2. The topological polar surface area (TPSA) is 95.6 Å². The van der Waals surface area contributed by atoms with Crippen LogP contribution < -0.4 is 20.6 Å². The van der Waals surface area contributed by atoms with Crippen molar-refractivity contribution in [1.29, 1.82) is 5.41 Å². The van der Waals surface area contributed by atoms with E-state index in [1.54, 1.807) is 17.6 Å². The zero-order chi connectivity index (χ0) is 35.1. The number of anilines is 2. The van der Waals surface area contributed by atoms with Gasteiger partial charge in [-0.25, -0.2) is 9.36 Å². The maximum Gasteiger partial charge on any atom is 0.339 e. The highest BCUT2D eigenvalue weighted by atomic mass is 16.5. The van der Waals surface area contributed by atoms with E-state index >= 15 is 0 Å². The van der Waals surface area contributed by atoms with Gasteiger partial charge in [-0.1, -0.05) is 63.6 Å². The number of imidazole rings is 1. The average molecular weight is 651 g/mol. The number of nitrogens with one attached hydrogen (secondary N) is 2. The van der Waals surface area contributed by atoms with E-state index in [9.17, 15) is 9.59 Å². The number of hydrogen-bond donors (Lipinski definition) is 2. The molecule has 9 nitrogen and oxygen atoms in total. The summed E-state index contributed by atoms with van der Waals surface area (Å²) in [7, 11) is 5.98. The monoisotopic (exact) mass is 650 g/mol. The second kappa shape index (κ2) is 18.9. The third kappa shape index (κ3) is 10.4. The van der Waals surface area contributed by atoms with Gasteiger partial charge in [-0.2, -0.15) is 0 Å². The predicted octanol–water partition coefficient (Wildman–Crippen LogP) is 8.07. The van der Waals surface area contributed by atoms with Gasteiger partial charge in [0, 0.05) is 32.4 Å². The molecule has 254 valence electrons. The van der Waals surface area contributed by atoms with E-state index in [0.717, 1.165) is 30.3 Å². The molecule has 1 aliphatic carbocycles. The van der Waals surface area contributed by atoms with Gasteiger partial charge in [-0.05, 0) is 93.7 Å². The van der Waals surface area contributed by atoms with Gasteiger partial charge in [0.2, 0.25) is 0 Å². The SMILES string of the molecule is C=CNc1c(C(C)=N)n(-c2ccc(Oc3ccccc3)cc2)c(=O)n1-c1cccc(N(C)C)c1.CCCC.CN(C/C=C/C=O)C1CC1. The van der Waals surface area contributed by atoms with Gasteiger partial charge in [-0.3, -0.25) is 14.3 Å². The lowest BCUT2D eigenvalue weighted by molar-refractivity contribution is -0.104. The minimum absolute atomic E-state index is 0.244. The highest BCUT2D eigenvalue weighted by Crippen LogP contribution is 2.28. The van der Waals surface area contributed by atoms with E-state index in [1.165, 1.54) is 36.5 Å². The predicted molar refractivity (Wildman–Crippen MR) is 200 cm³/mol. The molecule has 3 aromatic carbocycles. The summed E-state index contributed by atoms with van der Waals surface area (Å²) in [5.74, 6) is 1.86. The molecule has 9 heteroatoms.